The summed E-state index contributed by atoms with van der Waals surface area (Å²) < 4.78 is 12.3. The van der Waals surface area contributed by atoms with Gasteiger partial charge in [0, 0.05) is 19.4 Å². The Morgan fingerprint density at radius 1 is 1.14 bits per heavy atom. The summed E-state index contributed by atoms with van der Waals surface area (Å²) in [5.74, 6) is 0.939. The van der Waals surface area contributed by atoms with Crippen molar-refractivity contribution in [2.24, 2.45) is 0 Å². The van der Waals surface area contributed by atoms with E-state index < -0.39 is 0 Å². The maximum atomic E-state index is 8.95. The maximum absolute atomic E-state index is 8.95. The van der Waals surface area contributed by atoms with Gasteiger partial charge in [0.1, 0.15) is 11.9 Å². The molecule has 116 valence electrons. The van der Waals surface area contributed by atoms with E-state index in [2.05, 4.69) is 0 Å². The molecule has 1 spiro atoms. The lowest BCUT2D eigenvalue weighted by molar-refractivity contribution is -0.129. The van der Waals surface area contributed by atoms with Gasteiger partial charge in [-0.05, 0) is 37.0 Å². The van der Waals surface area contributed by atoms with Crippen LogP contribution >= 0.6 is 0 Å². The number of hydrogen-bond donors (Lipinski definition) is 1. The molecule has 1 heterocycles. The van der Waals surface area contributed by atoms with E-state index in [4.69, 9.17) is 14.6 Å². The standard InChI is InChI=1S/C18H26O3/c19-12-8-15-4-6-16(7-5-15)21-17-9-13-20-18(14-17)10-2-1-3-11-18/h4-7,17,19H,1-3,8-14H2. The third-order valence-corrected chi connectivity index (χ3v) is 4.84. The first-order valence-corrected chi connectivity index (χ1v) is 8.30. The van der Waals surface area contributed by atoms with E-state index in [1.807, 2.05) is 24.3 Å². The molecule has 0 aromatic heterocycles. The molecule has 3 rings (SSSR count). The Labute approximate surface area is 127 Å². The third-order valence-electron chi connectivity index (χ3n) is 4.84. The van der Waals surface area contributed by atoms with E-state index in [1.165, 1.54) is 32.1 Å². The molecule has 1 saturated heterocycles. The number of benzene rings is 1. The Morgan fingerprint density at radius 3 is 2.62 bits per heavy atom. The average Bonchev–Trinajstić information content (AvgIpc) is 2.50. The Morgan fingerprint density at radius 2 is 1.90 bits per heavy atom. The topological polar surface area (TPSA) is 38.7 Å². The van der Waals surface area contributed by atoms with Crippen LogP contribution in [0.5, 0.6) is 5.75 Å². The molecule has 1 atom stereocenters. The van der Waals surface area contributed by atoms with Crippen LogP contribution in [-0.2, 0) is 11.2 Å². The summed E-state index contributed by atoms with van der Waals surface area (Å²) in [4.78, 5) is 0. The van der Waals surface area contributed by atoms with Gasteiger partial charge in [-0.25, -0.2) is 0 Å². The van der Waals surface area contributed by atoms with Gasteiger partial charge >= 0.3 is 0 Å². The minimum Gasteiger partial charge on any atom is -0.490 e. The molecule has 1 saturated carbocycles. The largest absolute Gasteiger partial charge is 0.490 e. The van der Waals surface area contributed by atoms with Crippen molar-refractivity contribution >= 4 is 0 Å². The third kappa shape index (κ3) is 3.78. The molecule has 1 N–H and O–H groups in total. The molecular weight excluding hydrogens is 264 g/mol. The fraction of sp³-hybridized carbons (Fsp3) is 0.667. The van der Waals surface area contributed by atoms with Crippen molar-refractivity contribution in [3.63, 3.8) is 0 Å². The number of hydrogen-bond acceptors (Lipinski definition) is 3. The Balaban J connectivity index is 1.59. The van der Waals surface area contributed by atoms with Crippen molar-refractivity contribution in [1.29, 1.82) is 0 Å². The first-order valence-electron chi connectivity index (χ1n) is 8.30. The molecule has 0 bridgehead atoms. The van der Waals surface area contributed by atoms with Crippen molar-refractivity contribution in [2.75, 3.05) is 13.2 Å². The van der Waals surface area contributed by atoms with Crippen LogP contribution in [0.2, 0.25) is 0 Å². The van der Waals surface area contributed by atoms with Crippen molar-refractivity contribution < 1.29 is 14.6 Å². The summed E-state index contributed by atoms with van der Waals surface area (Å²) in [7, 11) is 0. The highest BCUT2D eigenvalue weighted by atomic mass is 16.5. The highest BCUT2D eigenvalue weighted by Crippen LogP contribution is 2.39. The second-order valence-electron chi connectivity index (χ2n) is 6.44. The van der Waals surface area contributed by atoms with Crippen molar-refractivity contribution in [2.45, 2.75) is 63.1 Å². The first-order chi connectivity index (χ1) is 10.3. The summed E-state index contributed by atoms with van der Waals surface area (Å²) in [6, 6.07) is 8.13. The number of ether oxygens (including phenoxy) is 2. The zero-order valence-electron chi connectivity index (χ0n) is 12.7. The van der Waals surface area contributed by atoms with Crippen LogP contribution < -0.4 is 4.74 Å². The molecule has 1 aliphatic heterocycles. The summed E-state index contributed by atoms with van der Waals surface area (Å²) in [6.45, 7) is 1.02. The lowest BCUT2D eigenvalue weighted by Gasteiger charge is -2.43. The van der Waals surface area contributed by atoms with Gasteiger partial charge in [0.25, 0.3) is 0 Å². The average molecular weight is 290 g/mol. The molecule has 2 aliphatic rings. The Hall–Kier alpha value is -1.06. The van der Waals surface area contributed by atoms with Gasteiger partial charge in [-0.15, -0.1) is 0 Å². The van der Waals surface area contributed by atoms with Crippen LogP contribution in [0.15, 0.2) is 24.3 Å². The van der Waals surface area contributed by atoms with Crippen LogP contribution in [0.25, 0.3) is 0 Å². The van der Waals surface area contributed by atoms with E-state index in [1.54, 1.807) is 0 Å². The molecular formula is C18H26O3. The van der Waals surface area contributed by atoms with Crippen molar-refractivity contribution in [3.8, 4) is 5.75 Å². The minimum atomic E-state index is 0.0952. The van der Waals surface area contributed by atoms with Gasteiger partial charge in [0.05, 0.1) is 12.2 Å². The zero-order valence-corrected chi connectivity index (χ0v) is 12.7. The van der Waals surface area contributed by atoms with Crippen LogP contribution in [0, 0.1) is 0 Å². The maximum Gasteiger partial charge on any atom is 0.119 e. The van der Waals surface area contributed by atoms with Crippen molar-refractivity contribution in [1.82, 2.24) is 0 Å². The van der Waals surface area contributed by atoms with Gasteiger partial charge in [0.15, 0.2) is 0 Å². The molecule has 2 fully saturated rings. The molecule has 0 radical (unpaired) electrons. The van der Waals surface area contributed by atoms with E-state index in [0.717, 1.165) is 30.8 Å². The van der Waals surface area contributed by atoms with Crippen molar-refractivity contribution in [3.05, 3.63) is 29.8 Å². The fourth-order valence-electron chi connectivity index (χ4n) is 3.68. The fourth-order valence-corrected chi connectivity index (χ4v) is 3.68. The van der Waals surface area contributed by atoms with E-state index in [0.29, 0.717) is 6.42 Å². The van der Waals surface area contributed by atoms with Crippen LogP contribution in [0.1, 0.15) is 50.5 Å². The van der Waals surface area contributed by atoms with Gasteiger partial charge in [-0.1, -0.05) is 31.4 Å². The predicted molar refractivity (Wildman–Crippen MR) is 82.6 cm³/mol. The Kier molecular flexibility index (Phi) is 4.81. The second kappa shape index (κ2) is 6.80. The molecule has 1 aliphatic carbocycles. The number of rotatable bonds is 4. The molecule has 21 heavy (non-hydrogen) atoms. The van der Waals surface area contributed by atoms with Crippen LogP contribution in [0.3, 0.4) is 0 Å². The van der Waals surface area contributed by atoms with E-state index in [-0.39, 0.29) is 18.3 Å². The zero-order chi connectivity index (χ0) is 14.5. The summed E-state index contributed by atoms with van der Waals surface area (Å²) in [6.07, 6.45) is 9.34. The highest BCUT2D eigenvalue weighted by molar-refractivity contribution is 5.27. The quantitative estimate of drug-likeness (QED) is 0.922. The smallest absolute Gasteiger partial charge is 0.119 e. The van der Waals surface area contributed by atoms with Crippen LogP contribution in [0.4, 0.5) is 0 Å². The SMILES string of the molecule is OCCc1ccc(OC2CCOC3(CCCCC3)C2)cc1. The van der Waals surface area contributed by atoms with Crippen LogP contribution in [-0.4, -0.2) is 30.0 Å². The molecule has 3 heteroatoms. The monoisotopic (exact) mass is 290 g/mol. The molecule has 1 aromatic rings. The molecule has 3 nitrogen and oxygen atoms in total. The summed E-state index contributed by atoms with van der Waals surface area (Å²) in [5, 5.41) is 8.95. The predicted octanol–water partition coefficient (Wildman–Crippen LogP) is 3.48. The summed E-state index contributed by atoms with van der Waals surface area (Å²) in [5.41, 5.74) is 1.25. The summed E-state index contributed by atoms with van der Waals surface area (Å²) >= 11 is 0. The highest BCUT2D eigenvalue weighted by Gasteiger charge is 2.39. The number of aliphatic hydroxyl groups excluding tert-OH is 1. The van der Waals surface area contributed by atoms with E-state index >= 15 is 0 Å². The number of aliphatic hydroxyl groups is 1. The molecule has 0 amide bonds. The first kappa shape index (κ1) is 14.9. The molecule has 1 aromatic carbocycles. The lowest BCUT2D eigenvalue weighted by Crippen LogP contribution is -2.45. The normalized spacial score (nSPS) is 24.9. The minimum absolute atomic E-state index is 0.0952. The van der Waals surface area contributed by atoms with Gasteiger partial charge in [-0.2, -0.15) is 0 Å². The van der Waals surface area contributed by atoms with Gasteiger partial charge in [0.2, 0.25) is 0 Å². The van der Waals surface area contributed by atoms with Gasteiger partial charge < -0.3 is 14.6 Å². The molecule has 1 unspecified atom stereocenters. The van der Waals surface area contributed by atoms with Gasteiger partial charge in [-0.3, -0.25) is 0 Å². The lowest BCUT2D eigenvalue weighted by atomic mass is 9.79. The second-order valence-corrected chi connectivity index (χ2v) is 6.44. The van der Waals surface area contributed by atoms with E-state index in [9.17, 15) is 0 Å². The Bertz CT molecular complexity index is 429.